The van der Waals surface area contributed by atoms with Crippen LogP contribution in [0, 0.1) is 17.8 Å². The van der Waals surface area contributed by atoms with E-state index < -0.39 is 12.1 Å². The Labute approximate surface area is 227 Å². The van der Waals surface area contributed by atoms with E-state index in [4.69, 9.17) is 4.74 Å². The SMILES string of the molecule is CCCN1CCN(c2ccc(C(=O)N[C@H](C(=O)N3C[C@@H](C(C)C)[C@H]4OCC(=O)[C@H]43)C3CCCC3)cc2)CC1. The van der Waals surface area contributed by atoms with Crippen molar-refractivity contribution in [2.45, 2.75) is 71.1 Å². The Kier molecular flexibility index (Phi) is 8.38. The van der Waals surface area contributed by atoms with Gasteiger partial charge < -0.3 is 19.9 Å². The van der Waals surface area contributed by atoms with Gasteiger partial charge in [-0.1, -0.05) is 33.6 Å². The number of rotatable bonds is 8. The van der Waals surface area contributed by atoms with Crippen molar-refractivity contribution in [2.75, 3.05) is 50.8 Å². The number of ether oxygens (including phenoxy) is 1. The number of piperazine rings is 1. The fourth-order valence-electron chi connectivity index (χ4n) is 6.95. The number of likely N-dealkylation sites (tertiary alicyclic amines) is 1. The van der Waals surface area contributed by atoms with Crippen LogP contribution in [-0.2, 0) is 14.3 Å². The smallest absolute Gasteiger partial charge is 0.251 e. The number of fused-ring (bicyclic) bond motifs is 1. The summed E-state index contributed by atoms with van der Waals surface area (Å²) in [4.78, 5) is 46.7. The third-order valence-electron chi connectivity index (χ3n) is 9.19. The van der Waals surface area contributed by atoms with Crippen molar-refractivity contribution in [1.82, 2.24) is 15.1 Å². The van der Waals surface area contributed by atoms with E-state index in [2.05, 4.69) is 35.9 Å². The Morgan fingerprint density at radius 1 is 1.05 bits per heavy atom. The number of nitrogens with zero attached hydrogens (tertiary/aromatic N) is 3. The molecule has 38 heavy (non-hydrogen) atoms. The molecule has 2 amide bonds. The van der Waals surface area contributed by atoms with Crippen LogP contribution in [0.5, 0.6) is 0 Å². The number of benzene rings is 1. The number of nitrogens with one attached hydrogen (secondary N) is 1. The van der Waals surface area contributed by atoms with E-state index in [1.807, 2.05) is 24.3 Å². The van der Waals surface area contributed by atoms with Gasteiger partial charge in [-0.15, -0.1) is 0 Å². The van der Waals surface area contributed by atoms with Crippen LogP contribution in [0.1, 0.15) is 63.2 Å². The molecule has 8 heteroatoms. The molecule has 3 saturated heterocycles. The van der Waals surface area contributed by atoms with E-state index in [1.165, 1.54) is 6.42 Å². The molecule has 3 aliphatic heterocycles. The van der Waals surface area contributed by atoms with E-state index in [0.717, 1.165) is 64.1 Å². The molecule has 3 heterocycles. The minimum absolute atomic E-state index is 0.0193. The number of hydrogen-bond acceptors (Lipinski definition) is 6. The summed E-state index contributed by atoms with van der Waals surface area (Å²) < 4.78 is 5.84. The Morgan fingerprint density at radius 3 is 2.37 bits per heavy atom. The van der Waals surface area contributed by atoms with Crippen molar-refractivity contribution >= 4 is 23.3 Å². The molecule has 4 aliphatic rings. The molecule has 0 radical (unpaired) electrons. The van der Waals surface area contributed by atoms with Crippen LogP contribution in [-0.4, -0.2) is 91.5 Å². The van der Waals surface area contributed by atoms with Crippen molar-refractivity contribution in [1.29, 1.82) is 0 Å². The zero-order valence-electron chi connectivity index (χ0n) is 23.2. The summed E-state index contributed by atoms with van der Waals surface area (Å²) in [6.45, 7) is 12.3. The van der Waals surface area contributed by atoms with E-state index in [9.17, 15) is 14.4 Å². The fourth-order valence-corrected chi connectivity index (χ4v) is 6.95. The lowest BCUT2D eigenvalue weighted by molar-refractivity contribution is -0.139. The van der Waals surface area contributed by atoms with Gasteiger partial charge in [0.2, 0.25) is 5.91 Å². The number of Topliss-reactive ketones (excluding diaryl/α,β-unsaturated/α-hetero) is 1. The first-order valence-electron chi connectivity index (χ1n) is 14.7. The van der Waals surface area contributed by atoms with Crippen LogP contribution in [0.25, 0.3) is 0 Å². The number of carbonyl (C=O) groups excluding carboxylic acids is 3. The first-order chi connectivity index (χ1) is 18.4. The largest absolute Gasteiger partial charge is 0.369 e. The van der Waals surface area contributed by atoms with Crippen LogP contribution in [0.15, 0.2) is 24.3 Å². The summed E-state index contributed by atoms with van der Waals surface area (Å²) in [7, 11) is 0. The first kappa shape index (κ1) is 27.1. The van der Waals surface area contributed by atoms with E-state index >= 15 is 0 Å². The second-order valence-electron chi connectivity index (χ2n) is 12.0. The number of carbonyl (C=O) groups is 3. The molecule has 1 N–H and O–H groups in total. The monoisotopic (exact) mass is 524 g/mol. The molecule has 4 atom stereocenters. The number of hydrogen-bond donors (Lipinski definition) is 1. The maximum atomic E-state index is 14.0. The van der Waals surface area contributed by atoms with Gasteiger partial charge in [-0.3, -0.25) is 19.3 Å². The van der Waals surface area contributed by atoms with E-state index in [-0.39, 0.29) is 42.1 Å². The summed E-state index contributed by atoms with van der Waals surface area (Å²) >= 11 is 0. The van der Waals surface area contributed by atoms with Crippen molar-refractivity contribution < 1.29 is 19.1 Å². The third-order valence-corrected chi connectivity index (χ3v) is 9.19. The summed E-state index contributed by atoms with van der Waals surface area (Å²) in [6, 6.07) is 6.64. The molecule has 0 unspecified atom stereocenters. The molecule has 8 nitrogen and oxygen atoms in total. The molecule has 0 bridgehead atoms. The van der Waals surface area contributed by atoms with Gasteiger partial charge in [-0.05, 0) is 61.9 Å². The van der Waals surface area contributed by atoms with Crippen molar-refractivity contribution in [2.24, 2.45) is 17.8 Å². The van der Waals surface area contributed by atoms with Crippen LogP contribution in [0.3, 0.4) is 0 Å². The van der Waals surface area contributed by atoms with Gasteiger partial charge in [0.15, 0.2) is 5.78 Å². The zero-order chi connectivity index (χ0) is 26.8. The van der Waals surface area contributed by atoms with Crippen LogP contribution in [0.2, 0.25) is 0 Å². The maximum Gasteiger partial charge on any atom is 0.251 e. The van der Waals surface area contributed by atoms with Gasteiger partial charge in [-0.25, -0.2) is 0 Å². The summed E-state index contributed by atoms with van der Waals surface area (Å²) in [5.74, 6) is 0.169. The van der Waals surface area contributed by atoms with Crippen molar-refractivity contribution in [3.8, 4) is 0 Å². The fraction of sp³-hybridized carbons (Fsp3) is 0.700. The highest BCUT2D eigenvalue weighted by Crippen LogP contribution is 2.38. The minimum Gasteiger partial charge on any atom is -0.369 e. The van der Waals surface area contributed by atoms with Gasteiger partial charge >= 0.3 is 0 Å². The lowest BCUT2D eigenvalue weighted by Crippen LogP contribution is -2.54. The number of anilines is 1. The van der Waals surface area contributed by atoms with Crippen molar-refractivity contribution in [3.05, 3.63) is 29.8 Å². The normalized spacial score (nSPS) is 27.3. The lowest BCUT2D eigenvalue weighted by atomic mass is 9.91. The molecule has 5 rings (SSSR count). The highest BCUT2D eigenvalue weighted by Gasteiger charge is 2.54. The first-order valence-corrected chi connectivity index (χ1v) is 14.7. The predicted octanol–water partition coefficient (Wildman–Crippen LogP) is 2.96. The molecular weight excluding hydrogens is 480 g/mol. The van der Waals surface area contributed by atoms with Gasteiger partial charge in [0, 0.05) is 49.9 Å². The minimum atomic E-state index is -0.615. The molecule has 1 saturated carbocycles. The second kappa shape index (κ2) is 11.7. The third kappa shape index (κ3) is 5.48. The molecule has 0 aromatic heterocycles. The van der Waals surface area contributed by atoms with E-state index in [0.29, 0.717) is 18.0 Å². The Balaban J connectivity index is 1.28. The second-order valence-corrected chi connectivity index (χ2v) is 12.0. The maximum absolute atomic E-state index is 14.0. The topological polar surface area (TPSA) is 82.2 Å². The van der Waals surface area contributed by atoms with Gasteiger partial charge in [-0.2, -0.15) is 0 Å². The molecule has 1 aliphatic carbocycles. The van der Waals surface area contributed by atoms with Crippen LogP contribution < -0.4 is 10.2 Å². The number of ketones is 1. The molecule has 4 fully saturated rings. The molecular formula is C30H44N4O4. The van der Waals surface area contributed by atoms with E-state index in [1.54, 1.807) is 4.90 Å². The van der Waals surface area contributed by atoms with Gasteiger partial charge in [0.05, 0.1) is 6.10 Å². The van der Waals surface area contributed by atoms with Crippen LogP contribution in [0.4, 0.5) is 5.69 Å². The zero-order valence-corrected chi connectivity index (χ0v) is 23.2. The highest BCUT2D eigenvalue weighted by atomic mass is 16.5. The van der Waals surface area contributed by atoms with Crippen LogP contribution >= 0.6 is 0 Å². The summed E-state index contributed by atoms with van der Waals surface area (Å²) in [5.41, 5.74) is 1.69. The number of amides is 2. The average molecular weight is 525 g/mol. The lowest BCUT2D eigenvalue weighted by Gasteiger charge is -2.36. The Bertz CT molecular complexity index is 998. The Hall–Kier alpha value is -2.45. The molecule has 1 aromatic rings. The predicted molar refractivity (Wildman–Crippen MR) is 147 cm³/mol. The van der Waals surface area contributed by atoms with Crippen molar-refractivity contribution in [3.63, 3.8) is 0 Å². The quantitative estimate of drug-likeness (QED) is 0.563. The average Bonchev–Trinajstić information content (AvgIpc) is 3.67. The Morgan fingerprint density at radius 2 is 1.74 bits per heavy atom. The molecule has 0 spiro atoms. The highest BCUT2D eigenvalue weighted by molar-refractivity contribution is 5.99. The van der Waals surface area contributed by atoms with Gasteiger partial charge in [0.25, 0.3) is 5.91 Å². The standard InChI is InChI=1S/C30H44N4O4/c1-4-13-32-14-16-33(17-15-32)23-11-9-22(10-12-23)29(36)31-26(21-7-5-6-8-21)30(37)34-18-24(20(2)3)28-27(34)25(35)19-38-28/h9-12,20-21,24,26-28H,4-8,13-19H2,1-3H3,(H,31,36)/t24-,26-,27+,28+/m0/s1. The summed E-state index contributed by atoms with van der Waals surface area (Å²) in [5, 5.41) is 3.11. The van der Waals surface area contributed by atoms with Gasteiger partial charge in [0.1, 0.15) is 18.7 Å². The molecule has 1 aromatic carbocycles. The summed E-state index contributed by atoms with van der Waals surface area (Å²) in [6.07, 6.45) is 4.90. The molecule has 208 valence electrons.